The van der Waals surface area contributed by atoms with E-state index in [1.807, 2.05) is 38.1 Å². The maximum absolute atomic E-state index is 12.1. The first-order chi connectivity index (χ1) is 13.5. The Balaban J connectivity index is 1.58. The number of amides is 2. The summed E-state index contributed by atoms with van der Waals surface area (Å²) in [5.74, 6) is -0.113. The molecule has 1 heterocycles. The van der Waals surface area contributed by atoms with Gasteiger partial charge in [-0.2, -0.15) is 0 Å². The average Bonchev–Trinajstić information content (AvgIpc) is 2.66. The molecule has 0 aliphatic carbocycles. The van der Waals surface area contributed by atoms with E-state index in [4.69, 9.17) is 0 Å². The zero-order chi connectivity index (χ0) is 19.9. The number of nitrogens with zero attached hydrogens (tertiary/aromatic N) is 2. The molecular weight excluding hydrogens is 354 g/mol. The van der Waals surface area contributed by atoms with Crippen molar-refractivity contribution in [1.29, 1.82) is 0 Å². The van der Waals surface area contributed by atoms with Gasteiger partial charge < -0.3 is 16.0 Å². The van der Waals surface area contributed by atoms with Gasteiger partial charge in [-0.25, -0.2) is 9.97 Å². The van der Waals surface area contributed by atoms with Gasteiger partial charge in [0.1, 0.15) is 0 Å². The summed E-state index contributed by atoms with van der Waals surface area (Å²) >= 11 is 0. The fourth-order valence-corrected chi connectivity index (χ4v) is 2.64. The summed E-state index contributed by atoms with van der Waals surface area (Å²) in [6.07, 6.45) is 0. The molecule has 0 fully saturated rings. The molecule has 0 saturated carbocycles. The highest BCUT2D eigenvalue weighted by Crippen LogP contribution is 2.18. The fraction of sp³-hybridized carbons (Fsp3) is 0.143. The minimum Gasteiger partial charge on any atom is -0.343 e. The molecule has 0 spiro atoms. The Morgan fingerprint density at radius 3 is 2.25 bits per heavy atom. The highest BCUT2D eigenvalue weighted by atomic mass is 16.2. The van der Waals surface area contributed by atoms with Crippen molar-refractivity contribution in [3.05, 3.63) is 77.6 Å². The van der Waals surface area contributed by atoms with Crippen LogP contribution in [0.15, 0.2) is 60.7 Å². The molecule has 0 unspecified atom stereocenters. The molecule has 0 bridgehead atoms. The van der Waals surface area contributed by atoms with E-state index in [0.717, 1.165) is 17.1 Å². The minimum absolute atomic E-state index is 0.119. The van der Waals surface area contributed by atoms with Crippen LogP contribution < -0.4 is 16.0 Å². The van der Waals surface area contributed by atoms with E-state index in [-0.39, 0.29) is 18.4 Å². The van der Waals surface area contributed by atoms with Gasteiger partial charge in [-0.05, 0) is 50.2 Å². The van der Waals surface area contributed by atoms with Crippen molar-refractivity contribution < 1.29 is 9.59 Å². The van der Waals surface area contributed by atoms with Crippen LogP contribution in [0.25, 0.3) is 0 Å². The highest BCUT2D eigenvalue weighted by Gasteiger charge is 2.08. The second-order valence-electron chi connectivity index (χ2n) is 6.28. The van der Waals surface area contributed by atoms with Gasteiger partial charge in [0, 0.05) is 28.3 Å². The van der Waals surface area contributed by atoms with Crippen LogP contribution in [0.4, 0.5) is 17.3 Å². The van der Waals surface area contributed by atoms with E-state index >= 15 is 0 Å². The van der Waals surface area contributed by atoms with Gasteiger partial charge in [-0.3, -0.25) is 9.59 Å². The van der Waals surface area contributed by atoms with Gasteiger partial charge in [0.15, 0.2) is 0 Å². The van der Waals surface area contributed by atoms with Crippen LogP contribution >= 0.6 is 0 Å². The van der Waals surface area contributed by atoms with E-state index < -0.39 is 0 Å². The molecule has 1 aromatic heterocycles. The van der Waals surface area contributed by atoms with Crippen LogP contribution in [0.3, 0.4) is 0 Å². The minimum atomic E-state index is -0.316. The highest BCUT2D eigenvalue weighted by molar-refractivity contribution is 5.99. The monoisotopic (exact) mass is 375 g/mol. The number of benzene rings is 2. The normalized spacial score (nSPS) is 10.2. The van der Waals surface area contributed by atoms with E-state index in [9.17, 15) is 9.59 Å². The van der Waals surface area contributed by atoms with Crippen molar-refractivity contribution in [3.8, 4) is 0 Å². The van der Waals surface area contributed by atoms with Crippen LogP contribution in [0, 0.1) is 13.8 Å². The lowest BCUT2D eigenvalue weighted by Crippen LogP contribution is -2.32. The number of hydrogen-bond donors (Lipinski definition) is 3. The van der Waals surface area contributed by atoms with Crippen LogP contribution in [-0.2, 0) is 4.79 Å². The second kappa shape index (κ2) is 8.77. The molecule has 2 aromatic carbocycles. The molecule has 3 N–H and O–H groups in total. The third kappa shape index (κ3) is 5.38. The summed E-state index contributed by atoms with van der Waals surface area (Å²) in [6.45, 7) is 3.69. The molecule has 3 aromatic rings. The predicted molar refractivity (Wildman–Crippen MR) is 109 cm³/mol. The van der Waals surface area contributed by atoms with Crippen molar-refractivity contribution in [2.45, 2.75) is 13.8 Å². The van der Waals surface area contributed by atoms with Crippen molar-refractivity contribution in [2.75, 3.05) is 17.2 Å². The zero-order valence-corrected chi connectivity index (χ0v) is 15.7. The van der Waals surface area contributed by atoms with Gasteiger partial charge in [0.25, 0.3) is 5.91 Å². The molecule has 0 atom stereocenters. The maximum atomic E-state index is 12.1. The summed E-state index contributed by atoms with van der Waals surface area (Å²) in [4.78, 5) is 32.8. The summed E-state index contributed by atoms with van der Waals surface area (Å²) in [5.41, 5.74) is 3.60. The van der Waals surface area contributed by atoms with Crippen molar-refractivity contribution in [3.63, 3.8) is 0 Å². The van der Waals surface area contributed by atoms with Crippen LogP contribution in [-0.4, -0.2) is 28.3 Å². The van der Waals surface area contributed by atoms with Gasteiger partial charge in [-0.15, -0.1) is 0 Å². The molecule has 0 aliphatic rings. The van der Waals surface area contributed by atoms with Crippen molar-refractivity contribution in [2.24, 2.45) is 0 Å². The summed E-state index contributed by atoms with van der Waals surface area (Å²) in [5, 5.41) is 8.49. The summed E-state index contributed by atoms with van der Waals surface area (Å²) < 4.78 is 0. The van der Waals surface area contributed by atoms with Crippen LogP contribution in [0.2, 0.25) is 0 Å². The Bertz CT molecular complexity index is 969. The Morgan fingerprint density at radius 1 is 0.857 bits per heavy atom. The van der Waals surface area contributed by atoms with Crippen molar-refractivity contribution in [1.82, 2.24) is 15.3 Å². The van der Waals surface area contributed by atoms with E-state index in [1.54, 1.807) is 36.4 Å². The number of nitrogens with one attached hydrogen (secondary N) is 3. The first-order valence-corrected chi connectivity index (χ1v) is 8.82. The third-order valence-electron chi connectivity index (χ3n) is 3.83. The van der Waals surface area contributed by atoms with E-state index in [2.05, 4.69) is 25.9 Å². The molecule has 0 saturated heterocycles. The number of rotatable bonds is 6. The molecular formula is C21H21N5O2. The number of aromatic nitrogens is 2. The topological polar surface area (TPSA) is 96.0 Å². The molecule has 0 radical (unpaired) electrons. The molecule has 3 rings (SSSR count). The van der Waals surface area contributed by atoms with Gasteiger partial charge in [0.2, 0.25) is 11.9 Å². The number of carbonyl (C=O) groups excluding carboxylic acids is 2. The lowest BCUT2D eigenvalue weighted by atomic mass is 10.2. The fourth-order valence-electron chi connectivity index (χ4n) is 2.64. The van der Waals surface area contributed by atoms with Gasteiger partial charge in [0.05, 0.1) is 6.54 Å². The van der Waals surface area contributed by atoms with E-state index in [0.29, 0.717) is 17.2 Å². The first-order valence-electron chi connectivity index (χ1n) is 8.82. The van der Waals surface area contributed by atoms with Crippen LogP contribution in [0.1, 0.15) is 21.7 Å². The standard InChI is InChI=1S/C21H21N5O2/c1-14-11-15(2)24-21(23-14)26-18-10-6-9-17(12-18)25-19(27)13-22-20(28)16-7-4-3-5-8-16/h3-12H,13H2,1-2H3,(H,22,28)(H,25,27)(H,23,24,26). The van der Waals surface area contributed by atoms with Crippen LogP contribution in [0.5, 0.6) is 0 Å². The Labute approximate surface area is 163 Å². The molecule has 0 aliphatic heterocycles. The number of aryl methyl sites for hydroxylation is 2. The lowest BCUT2D eigenvalue weighted by molar-refractivity contribution is -0.115. The van der Waals surface area contributed by atoms with E-state index in [1.165, 1.54) is 0 Å². The zero-order valence-electron chi connectivity index (χ0n) is 15.7. The summed E-state index contributed by atoms with van der Waals surface area (Å²) in [6, 6.07) is 17.9. The average molecular weight is 375 g/mol. The number of anilines is 3. The second-order valence-corrected chi connectivity index (χ2v) is 6.28. The maximum Gasteiger partial charge on any atom is 0.251 e. The quantitative estimate of drug-likeness (QED) is 0.615. The summed E-state index contributed by atoms with van der Waals surface area (Å²) in [7, 11) is 0. The molecule has 7 nitrogen and oxygen atoms in total. The molecule has 28 heavy (non-hydrogen) atoms. The number of hydrogen-bond acceptors (Lipinski definition) is 5. The smallest absolute Gasteiger partial charge is 0.251 e. The lowest BCUT2D eigenvalue weighted by Gasteiger charge is -2.10. The molecule has 7 heteroatoms. The Kier molecular flexibility index (Phi) is 5.96. The molecule has 142 valence electrons. The Morgan fingerprint density at radius 2 is 1.54 bits per heavy atom. The van der Waals surface area contributed by atoms with Gasteiger partial charge in [-0.1, -0.05) is 24.3 Å². The number of carbonyl (C=O) groups is 2. The van der Waals surface area contributed by atoms with Gasteiger partial charge >= 0.3 is 0 Å². The van der Waals surface area contributed by atoms with Crippen molar-refractivity contribution >= 4 is 29.1 Å². The molecule has 2 amide bonds. The first kappa shape index (κ1) is 19.0. The Hall–Kier alpha value is -3.74. The predicted octanol–water partition coefficient (Wildman–Crippen LogP) is 3.21. The third-order valence-corrected chi connectivity index (χ3v) is 3.83. The SMILES string of the molecule is Cc1cc(C)nc(Nc2cccc(NC(=O)CNC(=O)c3ccccc3)c2)n1. The largest absolute Gasteiger partial charge is 0.343 e.